The van der Waals surface area contributed by atoms with Crippen LogP contribution in [0.3, 0.4) is 0 Å². The number of ether oxygens (including phenoxy) is 1. The van der Waals surface area contributed by atoms with E-state index in [0.717, 1.165) is 0 Å². The average molecular weight is 382 g/mol. The maximum absolute atomic E-state index is 13.2. The molecule has 0 saturated heterocycles. The lowest BCUT2D eigenvalue weighted by Gasteiger charge is -2.14. The molecule has 0 fully saturated rings. The minimum atomic E-state index is -1.26. The van der Waals surface area contributed by atoms with Crippen molar-refractivity contribution in [3.8, 4) is 0 Å². The van der Waals surface area contributed by atoms with Crippen molar-refractivity contribution in [2.24, 2.45) is 0 Å². The third-order valence-electron chi connectivity index (χ3n) is 3.44. The molecule has 136 valence electrons. The number of amides is 1. The Hall–Kier alpha value is -2.80. The van der Waals surface area contributed by atoms with Gasteiger partial charge in [-0.2, -0.15) is 0 Å². The molecule has 1 amide bonds. The average Bonchev–Trinajstić information content (AvgIpc) is 2.58. The number of Topliss-reactive ketones (excluding diaryl/α,β-unsaturated/α-hetero) is 1. The van der Waals surface area contributed by atoms with Crippen LogP contribution in [0.1, 0.15) is 34.6 Å². The zero-order chi connectivity index (χ0) is 19.4. The van der Waals surface area contributed by atoms with Crippen molar-refractivity contribution in [2.75, 3.05) is 5.32 Å². The first-order valence-electron chi connectivity index (χ1n) is 7.46. The largest absolute Gasteiger partial charge is 0.449 e. The summed E-state index contributed by atoms with van der Waals surface area (Å²) in [6.45, 7) is 2.73. The van der Waals surface area contributed by atoms with Gasteiger partial charge in [0, 0.05) is 11.3 Å². The number of halogens is 3. The Morgan fingerprint density at radius 1 is 1.08 bits per heavy atom. The third kappa shape index (κ3) is 4.64. The zero-order valence-corrected chi connectivity index (χ0v) is 14.6. The van der Waals surface area contributed by atoms with Crippen molar-refractivity contribution in [3.63, 3.8) is 0 Å². The molecule has 5 nitrogen and oxygen atoms in total. The molecule has 0 aromatic heterocycles. The fraction of sp³-hybridized carbons (Fsp3) is 0.167. The van der Waals surface area contributed by atoms with Crippen LogP contribution in [0, 0.1) is 11.6 Å². The van der Waals surface area contributed by atoms with Gasteiger partial charge in [0.15, 0.2) is 23.5 Å². The summed E-state index contributed by atoms with van der Waals surface area (Å²) in [5.41, 5.74) is 0.486. The van der Waals surface area contributed by atoms with E-state index in [4.69, 9.17) is 16.3 Å². The highest BCUT2D eigenvalue weighted by Gasteiger charge is 2.22. The number of nitrogens with one attached hydrogen (secondary N) is 1. The van der Waals surface area contributed by atoms with E-state index in [9.17, 15) is 23.2 Å². The number of esters is 1. The lowest BCUT2D eigenvalue weighted by atomic mass is 10.1. The SMILES string of the molecule is CC(=O)c1ccc(NC(=O)[C@H](C)OC(=O)c2cc(F)c(F)cc2Cl)cc1. The molecule has 0 radical (unpaired) electrons. The van der Waals surface area contributed by atoms with Crippen LogP contribution in [0.2, 0.25) is 5.02 Å². The maximum Gasteiger partial charge on any atom is 0.340 e. The van der Waals surface area contributed by atoms with Crippen molar-refractivity contribution >= 4 is 34.9 Å². The molecule has 2 rings (SSSR count). The summed E-state index contributed by atoms with van der Waals surface area (Å²) >= 11 is 5.69. The summed E-state index contributed by atoms with van der Waals surface area (Å²) in [6.07, 6.45) is -1.22. The number of hydrogen-bond donors (Lipinski definition) is 1. The number of carbonyl (C=O) groups excluding carboxylic acids is 3. The molecule has 0 aliphatic carbocycles. The van der Waals surface area contributed by atoms with Gasteiger partial charge in [0.2, 0.25) is 0 Å². The highest BCUT2D eigenvalue weighted by atomic mass is 35.5. The van der Waals surface area contributed by atoms with E-state index in [0.29, 0.717) is 23.4 Å². The summed E-state index contributed by atoms with van der Waals surface area (Å²) < 4.78 is 31.2. The molecular weight excluding hydrogens is 368 g/mol. The van der Waals surface area contributed by atoms with Crippen LogP contribution in [-0.2, 0) is 9.53 Å². The first-order chi connectivity index (χ1) is 12.2. The molecule has 1 N–H and O–H groups in total. The number of ketones is 1. The second kappa shape index (κ2) is 8.05. The first kappa shape index (κ1) is 19.5. The van der Waals surface area contributed by atoms with Crippen molar-refractivity contribution < 1.29 is 27.9 Å². The van der Waals surface area contributed by atoms with Gasteiger partial charge in [-0.1, -0.05) is 11.6 Å². The number of benzene rings is 2. The van der Waals surface area contributed by atoms with Crippen LogP contribution in [0.5, 0.6) is 0 Å². The van der Waals surface area contributed by atoms with Crippen LogP contribution in [0.4, 0.5) is 14.5 Å². The Bertz CT molecular complexity index is 868. The molecule has 1 atom stereocenters. The molecule has 0 bridgehead atoms. The Kier molecular flexibility index (Phi) is 6.05. The van der Waals surface area contributed by atoms with E-state index in [1.165, 1.54) is 38.1 Å². The van der Waals surface area contributed by atoms with Crippen LogP contribution in [0.25, 0.3) is 0 Å². The molecule has 0 unspecified atom stereocenters. The van der Waals surface area contributed by atoms with E-state index >= 15 is 0 Å². The second-order valence-electron chi connectivity index (χ2n) is 5.42. The van der Waals surface area contributed by atoms with Gasteiger partial charge in [0.1, 0.15) is 0 Å². The summed E-state index contributed by atoms with van der Waals surface area (Å²) in [5, 5.41) is 2.17. The quantitative estimate of drug-likeness (QED) is 0.482. The monoisotopic (exact) mass is 381 g/mol. The van der Waals surface area contributed by atoms with Crippen molar-refractivity contribution in [1.82, 2.24) is 0 Å². The molecule has 2 aromatic rings. The molecule has 0 aliphatic heterocycles. The Morgan fingerprint density at radius 3 is 2.23 bits per heavy atom. The number of carbonyl (C=O) groups is 3. The maximum atomic E-state index is 13.2. The standard InChI is InChI=1S/C18H14ClF2NO4/c1-9(23)11-3-5-12(6-4-11)22-17(24)10(2)26-18(25)13-7-15(20)16(21)8-14(13)19/h3-8,10H,1-2H3,(H,22,24)/t10-/m0/s1. The number of hydrogen-bond acceptors (Lipinski definition) is 4. The van der Waals surface area contributed by atoms with Crippen LogP contribution in [0.15, 0.2) is 36.4 Å². The fourth-order valence-corrected chi connectivity index (χ4v) is 2.22. The minimum absolute atomic E-state index is 0.117. The molecule has 2 aromatic carbocycles. The Morgan fingerprint density at radius 2 is 1.65 bits per heavy atom. The predicted octanol–water partition coefficient (Wildman–Crippen LogP) is 4.00. The zero-order valence-electron chi connectivity index (χ0n) is 13.8. The number of anilines is 1. The molecule has 0 aliphatic rings. The highest BCUT2D eigenvalue weighted by Crippen LogP contribution is 2.21. The van der Waals surface area contributed by atoms with Gasteiger partial charge < -0.3 is 10.1 Å². The fourth-order valence-electron chi connectivity index (χ4n) is 1.99. The van der Waals surface area contributed by atoms with Gasteiger partial charge in [0.05, 0.1) is 10.6 Å². The van der Waals surface area contributed by atoms with Crippen LogP contribution < -0.4 is 5.32 Å². The third-order valence-corrected chi connectivity index (χ3v) is 3.75. The number of rotatable bonds is 5. The second-order valence-corrected chi connectivity index (χ2v) is 5.82. The minimum Gasteiger partial charge on any atom is -0.449 e. The van der Waals surface area contributed by atoms with Crippen LogP contribution in [-0.4, -0.2) is 23.8 Å². The Labute approximate surface area is 152 Å². The molecule has 0 saturated carbocycles. The summed E-state index contributed by atoms with van der Waals surface area (Å²) in [4.78, 5) is 35.3. The highest BCUT2D eigenvalue weighted by molar-refractivity contribution is 6.33. The molecule has 8 heteroatoms. The van der Waals surface area contributed by atoms with Gasteiger partial charge in [-0.05, 0) is 50.2 Å². The van der Waals surface area contributed by atoms with Crippen molar-refractivity contribution in [2.45, 2.75) is 20.0 Å². The van der Waals surface area contributed by atoms with Gasteiger partial charge in [-0.25, -0.2) is 13.6 Å². The molecule has 0 heterocycles. The summed E-state index contributed by atoms with van der Waals surface area (Å²) in [5.74, 6) is -4.29. The lowest BCUT2D eigenvalue weighted by molar-refractivity contribution is -0.123. The predicted molar refractivity (Wildman–Crippen MR) is 91.3 cm³/mol. The van der Waals surface area contributed by atoms with Gasteiger partial charge in [-0.3, -0.25) is 9.59 Å². The van der Waals surface area contributed by atoms with E-state index in [1.54, 1.807) is 0 Å². The van der Waals surface area contributed by atoms with Gasteiger partial charge in [0.25, 0.3) is 5.91 Å². The van der Waals surface area contributed by atoms with E-state index < -0.39 is 35.2 Å². The van der Waals surface area contributed by atoms with Gasteiger partial charge >= 0.3 is 5.97 Å². The molecule has 26 heavy (non-hydrogen) atoms. The smallest absolute Gasteiger partial charge is 0.340 e. The molecular formula is C18H14ClF2NO4. The Balaban J connectivity index is 2.03. The van der Waals surface area contributed by atoms with Crippen molar-refractivity contribution in [3.05, 3.63) is 64.2 Å². The van der Waals surface area contributed by atoms with E-state index in [1.807, 2.05) is 0 Å². The van der Waals surface area contributed by atoms with Crippen molar-refractivity contribution in [1.29, 1.82) is 0 Å². The van der Waals surface area contributed by atoms with E-state index in [2.05, 4.69) is 5.32 Å². The van der Waals surface area contributed by atoms with E-state index in [-0.39, 0.29) is 10.8 Å². The summed E-state index contributed by atoms with van der Waals surface area (Å²) in [6, 6.07) is 7.37. The lowest BCUT2D eigenvalue weighted by Crippen LogP contribution is -2.30. The van der Waals surface area contributed by atoms with Gasteiger partial charge in [-0.15, -0.1) is 0 Å². The first-order valence-corrected chi connectivity index (χ1v) is 7.84. The topological polar surface area (TPSA) is 72.5 Å². The summed E-state index contributed by atoms with van der Waals surface area (Å²) in [7, 11) is 0. The van der Waals surface area contributed by atoms with Crippen LogP contribution >= 0.6 is 11.6 Å². The normalized spacial score (nSPS) is 11.6. The molecule has 0 spiro atoms.